The number of hydrogen-bond donors (Lipinski definition) is 1. The van der Waals surface area contributed by atoms with Crippen molar-refractivity contribution in [3.63, 3.8) is 0 Å². The van der Waals surface area contributed by atoms with E-state index in [1.54, 1.807) is 0 Å². The van der Waals surface area contributed by atoms with Gasteiger partial charge in [-0.15, -0.1) is 0 Å². The van der Waals surface area contributed by atoms with Gasteiger partial charge in [0, 0.05) is 6.04 Å². The first kappa shape index (κ1) is 8.54. The summed E-state index contributed by atoms with van der Waals surface area (Å²) in [5.41, 5.74) is 0. The van der Waals surface area contributed by atoms with Gasteiger partial charge in [-0.05, 0) is 32.7 Å². The second-order valence-corrected chi connectivity index (χ2v) is 3.05. The number of nitrogens with one attached hydrogen (secondary N) is 1. The van der Waals surface area contributed by atoms with Crippen LogP contribution in [0, 0.1) is 0 Å². The molecule has 11 heavy (non-hydrogen) atoms. The maximum atomic E-state index is 3.43. The minimum atomic E-state index is 0.526. The van der Waals surface area contributed by atoms with E-state index in [-0.39, 0.29) is 0 Å². The van der Waals surface area contributed by atoms with E-state index in [0.29, 0.717) is 6.04 Å². The fourth-order valence-corrected chi connectivity index (χ4v) is 1.19. The lowest BCUT2D eigenvalue weighted by molar-refractivity contribution is 0.589. The van der Waals surface area contributed by atoms with Gasteiger partial charge in [-0.3, -0.25) is 0 Å². The maximum absolute atomic E-state index is 3.43. The Bertz CT molecular complexity index is 147. The van der Waals surface area contributed by atoms with Gasteiger partial charge in [0.2, 0.25) is 0 Å². The minimum Gasteiger partial charge on any atom is -0.311 e. The molecule has 0 saturated carbocycles. The largest absolute Gasteiger partial charge is 0.311 e. The van der Waals surface area contributed by atoms with Gasteiger partial charge in [0.1, 0.15) is 0 Å². The smallest absolute Gasteiger partial charge is 0.0224 e. The summed E-state index contributed by atoms with van der Waals surface area (Å²) in [5.74, 6) is 0. The quantitative estimate of drug-likeness (QED) is 0.560. The zero-order chi connectivity index (χ0) is 7.94. The molecule has 0 saturated heterocycles. The molecule has 1 atom stereocenters. The van der Waals surface area contributed by atoms with Gasteiger partial charge in [-0.25, -0.2) is 0 Å². The fraction of sp³-hybridized carbons (Fsp3) is 0.600. The highest BCUT2D eigenvalue weighted by Crippen LogP contribution is 1.98. The molecule has 0 spiro atoms. The van der Waals surface area contributed by atoms with Crippen LogP contribution >= 0.6 is 0 Å². The van der Waals surface area contributed by atoms with Crippen LogP contribution in [0.25, 0.3) is 0 Å². The Morgan fingerprint density at radius 3 is 3.09 bits per heavy atom. The lowest BCUT2D eigenvalue weighted by Crippen LogP contribution is -2.24. The van der Waals surface area contributed by atoms with Gasteiger partial charge >= 0.3 is 0 Å². The van der Waals surface area contributed by atoms with Crippen molar-refractivity contribution in [3.05, 3.63) is 24.3 Å². The Morgan fingerprint density at radius 2 is 2.18 bits per heavy atom. The second-order valence-electron chi connectivity index (χ2n) is 3.05. The molecule has 0 amide bonds. The Hall–Kier alpha value is -0.560. The van der Waals surface area contributed by atoms with Crippen molar-refractivity contribution in [1.82, 2.24) is 5.32 Å². The first-order valence-corrected chi connectivity index (χ1v) is 4.46. The topological polar surface area (TPSA) is 12.0 Å². The van der Waals surface area contributed by atoms with Crippen LogP contribution in [0.4, 0.5) is 0 Å². The van der Waals surface area contributed by atoms with Crippen molar-refractivity contribution in [1.29, 1.82) is 0 Å². The molecular formula is C10H17N. The van der Waals surface area contributed by atoms with Crippen molar-refractivity contribution < 1.29 is 0 Å². The molecule has 1 aliphatic heterocycles. The van der Waals surface area contributed by atoms with Crippen LogP contribution in [-0.2, 0) is 0 Å². The van der Waals surface area contributed by atoms with Crippen LogP contribution in [0.2, 0.25) is 0 Å². The van der Waals surface area contributed by atoms with Crippen LogP contribution in [0.1, 0.15) is 26.2 Å². The highest BCUT2D eigenvalue weighted by atomic mass is 14.9. The normalized spacial score (nSPS) is 26.8. The molecule has 1 nitrogen and oxygen atoms in total. The predicted octanol–water partition coefficient (Wildman–Crippen LogP) is 2.26. The molecule has 0 aromatic carbocycles. The van der Waals surface area contributed by atoms with Gasteiger partial charge in [0.25, 0.3) is 0 Å². The Labute approximate surface area is 69.2 Å². The van der Waals surface area contributed by atoms with Crippen molar-refractivity contribution >= 4 is 0 Å². The molecule has 62 valence electrons. The molecular weight excluding hydrogens is 134 g/mol. The van der Waals surface area contributed by atoms with E-state index >= 15 is 0 Å². The standard InChI is InChI=1S/C10H17N/c1-10-8-6-4-2-3-5-7-9-11-10/h2,4,6,8,10-11H,3,5,7,9H2,1H3. The van der Waals surface area contributed by atoms with Crippen LogP contribution in [0.3, 0.4) is 0 Å². The van der Waals surface area contributed by atoms with E-state index in [9.17, 15) is 0 Å². The van der Waals surface area contributed by atoms with Gasteiger partial charge in [-0.2, -0.15) is 0 Å². The SMILES string of the molecule is CC1C=CC=CCCCCN1. The molecule has 0 aromatic rings. The van der Waals surface area contributed by atoms with Crippen molar-refractivity contribution in [3.8, 4) is 0 Å². The zero-order valence-corrected chi connectivity index (χ0v) is 7.22. The van der Waals surface area contributed by atoms with E-state index in [4.69, 9.17) is 0 Å². The monoisotopic (exact) mass is 151 g/mol. The third kappa shape index (κ3) is 3.99. The Morgan fingerprint density at radius 1 is 1.27 bits per heavy atom. The summed E-state index contributed by atoms with van der Waals surface area (Å²) in [6.45, 7) is 3.34. The average Bonchev–Trinajstić information content (AvgIpc) is 2.03. The molecule has 1 N–H and O–H groups in total. The van der Waals surface area contributed by atoms with E-state index in [0.717, 1.165) is 6.54 Å². The van der Waals surface area contributed by atoms with Gasteiger partial charge in [0.05, 0.1) is 0 Å². The first-order chi connectivity index (χ1) is 5.39. The highest BCUT2D eigenvalue weighted by molar-refractivity contribution is 5.05. The number of hydrogen-bond acceptors (Lipinski definition) is 1. The molecule has 1 rings (SSSR count). The highest BCUT2D eigenvalue weighted by Gasteiger charge is 1.94. The van der Waals surface area contributed by atoms with Crippen molar-refractivity contribution in [2.75, 3.05) is 6.54 Å². The lowest BCUT2D eigenvalue weighted by Gasteiger charge is -2.09. The summed E-state index contributed by atoms with van der Waals surface area (Å²) in [6.07, 6.45) is 12.5. The van der Waals surface area contributed by atoms with Crippen molar-refractivity contribution in [2.24, 2.45) is 0 Å². The molecule has 1 aliphatic rings. The van der Waals surface area contributed by atoms with Crippen LogP contribution in [0.15, 0.2) is 24.3 Å². The molecule has 0 radical (unpaired) electrons. The fourth-order valence-electron chi connectivity index (χ4n) is 1.19. The number of allylic oxidation sites excluding steroid dienone is 3. The molecule has 1 heterocycles. The summed E-state index contributed by atoms with van der Waals surface area (Å²) < 4.78 is 0. The summed E-state index contributed by atoms with van der Waals surface area (Å²) in [5, 5.41) is 3.43. The second kappa shape index (κ2) is 5.14. The van der Waals surface area contributed by atoms with Gasteiger partial charge < -0.3 is 5.32 Å². The maximum Gasteiger partial charge on any atom is 0.0224 e. The molecule has 1 unspecified atom stereocenters. The number of rotatable bonds is 0. The third-order valence-corrected chi connectivity index (χ3v) is 1.91. The van der Waals surface area contributed by atoms with Gasteiger partial charge in [-0.1, -0.05) is 24.3 Å². The summed E-state index contributed by atoms with van der Waals surface area (Å²) in [6, 6.07) is 0.526. The first-order valence-electron chi connectivity index (χ1n) is 4.46. The summed E-state index contributed by atoms with van der Waals surface area (Å²) in [4.78, 5) is 0. The third-order valence-electron chi connectivity index (χ3n) is 1.91. The molecule has 0 bridgehead atoms. The Kier molecular flexibility index (Phi) is 3.99. The van der Waals surface area contributed by atoms with E-state index in [1.807, 2.05) is 0 Å². The van der Waals surface area contributed by atoms with Crippen molar-refractivity contribution in [2.45, 2.75) is 32.2 Å². The van der Waals surface area contributed by atoms with Crippen LogP contribution in [-0.4, -0.2) is 12.6 Å². The van der Waals surface area contributed by atoms with Crippen LogP contribution in [0.5, 0.6) is 0 Å². The molecule has 1 heteroatoms. The summed E-state index contributed by atoms with van der Waals surface area (Å²) in [7, 11) is 0. The predicted molar refractivity (Wildman–Crippen MR) is 49.6 cm³/mol. The molecule has 0 fully saturated rings. The average molecular weight is 151 g/mol. The van der Waals surface area contributed by atoms with Crippen LogP contribution < -0.4 is 5.32 Å². The van der Waals surface area contributed by atoms with E-state index in [1.165, 1.54) is 19.3 Å². The Balaban J connectivity index is 2.38. The molecule has 0 aliphatic carbocycles. The zero-order valence-electron chi connectivity index (χ0n) is 7.22. The van der Waals surface area contributed by atoms with E-state index < -0.39 is 0 Å². The van der Waals surface area contributed by atoms with E-state index in [2.05, 4.69) is 36.5 Å². The molecule has 0 aromatic heterocycles. The van der Waals surface area contributed by atoms with Gasteiger partial charge in [0.15, 0.2) is 0 Å². The summed E-state index contributed by atoms with van der Waals surface area (Å²) >= 11 is 0. The lowest BCUT2D eigenvalue weighted by atomic mass is 10.2. The minimum absolute atomic E-state index is 0.526.